The van der Waals surface area contributed by atoms with Gasteiger partial charge in [-0.3, -0.25) is 8.63 Å². The van der Waals surface area contributed by atoms with E-state index < -0.39 is 7.40 Å². The Morgan fingerprint density at radius 2 is 1.14 bits per heavy atom. The van der Waals surface area contributed by atoms with Gasteiger partial charge in [0.25, 0.3) is 0 Å². The second-order valence-corrected chi connectivity index (χ2v) is 11.1. The highest BCUT2D eigenvalue weighted by molar-refractivity contribution is 6.43. The predicted molar refractivity (Wildman–Crippen MR) is 180 cm³/mol. The summed E-state index contributed by atoms with van der Waals surface area (Å²) in [6.07, 6.45) is 2.08. The Morgan fingerprint density at radius 3 is 1.75 bits per heavy atom. The Morgan fingerprint density at radius 1 is 0.591 bits per heavy atom. The SMILES string of the molecule is Cc1ccc(C(=C2N=C(c3ccccc3)C=C2c2ccccc2)c2c3ccccc3c(-c3ccc(C)cc3)n2B(F)F)cc1. The van der Waals surface area contributed by atoms with Crippen LogP contribution in [0.1, 0.15) is 33.5 Å². The molecule has 2 heterocycles. The minimum absolute atomic E-state index is 0.449. The number of allylic oxidation sites excluding steroid dienone is 2. The van der Waals surface area contributed by atoms with E-state index >= 15 is 8.63 Å². The van der Waals surface area contributed by atoms with Gasteiger partial charge in [0.2, 0.25) is 0 Å². The maximum absolute atomic E-state index is 15.6. The number of rotatable bonds is 6. The molecule has 0 saturated heterocycles. The Hall–Kier alpha value is -5.29. The Kier molecular flexibility index (Phi) is 7.15. The van der Waals surface area contributed by atoms with Crippen LogP contribution in [-0.4, -0.2) is 17.6 Å². The topological polar surface area (TPSA) is 17.3 Å². The summed E-state index contributed by atoms with van der Waals surface area (Å²) in [5.74, 6) is 0. The van der Waals surface area contributed by atoms with Crippen molar-refractivity contribution in [1.29, 1.82) is 0 Å². The van der Waals surface area contributed by atoms with Crippen LogP contribution in [0.15, 0.2) is 150 Å². The first-order valence-electron chi connectivity index (χ1n) is 14.7. The third kappa shape index (κ3) is 4.90. The van der Waals surface area contributed by atoms with E-state index in [1.165, 1.54) is 4.48 Å². The van der Waals surface area contributed by atoms with Gasteiger partial charge in [0.05, 0.1) is 17.1 Å². The number of hydrogen-bond donors (Lipinski definition) is 0. The van der Waals surface area contributed by atoms with Crippen LogP contribution < -0.4 is 0 Å². The zero-order valence-corrected chi connectivity index (χ0v) is 24.5. The van der Waals surface area contributed by atoms with Gasteiger partial charge >= 0.3 is 7.40 Å². The maximum Gasteiger partial charge on any atom is 0.678 e. The second kappa shape index (κ2) is 11.4. The van der Waals surface area contributed by atoms with E-state index in [4.69, 9.17) is 4.99 Å². The summed E-state index contributed by atoms with van der Waals surface area (Å²) in [6.45, 7) is 4.03. The summed E-state index contributed by atoms with van der Waals surface area (Å²) in [5.41, 5.74) is 9.63. The van der Waals surface area contributed by atoms with Gasteiger partial charge in [0.15, 0.2) is 0 Å². The van der Waals surface area contributed by atoms with E-state index in [1.807, 2.05) is 147 Å². The molecular formula is C39H29BF2N2. The predicted octanol–water partition coefficient (Wildman–Crippen LogP) is 10.0. The molecule has 0 saturated carbocycles. The summed E-state index contributed by atoms with van der Waals surface area (Å²) in [5, 5.41) is 1.52. The van der Waals surface area contributed by atoms with E-state index in [-0.39, 0.29) is 0 Å². The molecule has 1 aliphatic heterocycles. The Bertz CT molecular complexity index is 2070. The first-order chi connectivity index (χ1) is 21.5. The minimum atomic E-state index is -2.79. The molecule has 0 amide bonds. The largest absolute Gasteiger partial charge is 0.678 e. The third-order valence-corrected chi connectivity index (χ3v) is 8.18. The molecule has 44 heavy (non-hydrogen) atoms. The molecule has 6 aromatic rings. The van der Waals surface area contributed by atoms with E-state index in [9.17, 15) is 0 Å². The van der Waals surface area contributed by atoms with Crippen LogP contribution in [0.5, 0.6) is 0 Å². The molecule has 0 radical (unpaired) electrons. The molecule has 0 fully saturated rings. The monoisotopic (exact) mass is 574 g/mol. The van der Waals surface area contributed by atoms with Crippen molar-refractivity contribution in [1.82, 2.24) is 4.48 Å². The lowest BCUT2D eigenvalue weighted by Gasteiger charge is -2.18. The normalized spacial score (nSPS) is 14.0. The van der Waals surface area contributed by atoms with Crippen LogP contribution in [-0.2, 0) is 0 Å². The molecule has 212 valence electrons. The lowest BCUT2D eigenvalue weighted by molar-refractivity contribution is 0.630. The fourth-order valence-corrected chi connectivity index (χ4v) is 6.03. The summed E-state index contributed by atoms with van der Waals surface area (Å²) < 4.78 is 32.3. The number of aliphatic imine (C=N–C) groups is 1. The van der Waals surface area contributed by atoms with Gasteiger partial charge in [-0.15, -0.1) is 0 Å². The molecule has 0 aliphatic carbocycles. The molecule has 5 aromatic carbocycles. The first-order valence-corrected chi connectivity index (χ1v) is 14.7. The number of benzene rings is 5. The molecule has 0 atom stereocenters. The number of fused-ring (bicyclic) bond motifs is 1. The van der Waals surface area contributed by atoms with Gasteiger partial charge in [-0.25, -0.2) is 4.99 Å². The first kappa shape index (κ1) is 27.5. The highest BCUT2D eigenvalue weighted by Gasteiger charge is 2.33. The number of hydrogen-bond acceptors (Lipinski definition) is 1. The van der Waals surface area contributed by atoms with Crippen molar-refractivity contribution in [2.24, 2.45) is 4.99 Å². The third-order valence-electron chi connectivity index (χ3n) is 8.18. The standard InChI is InChI=1S/C39H29BF2N2/c1-26-17-21-30(22-18-26)36(37-34(28-11-5-3-6-12-28)25-35(43-37)29-13-7-4-8-14-29)39-33-16-10-9-15-32(33)38(44(39)40(41)42)31-23-19-27(2)20-24-31/h3-25H,1-2H3. The van der Waals surface area contributed by atoms with E-state index in [1.54, 1.807) is 0 Å². The molecule has 0 unspecified atom stereocenters. The van der Waals surface area contributed by atoms with Gasteiger partial charge in [-0.05, 0) is 36.6 Å². The van der Waals surface area contributed by atoms with Gasteiger partial charge in [-0.1, -0.05) is 145 Å². The molecule has 0 spiro atoms. The van der Waals surface area contributed by atoms with Crippen LogP contribution in [0.3, 0.4) is 0 Å². The minimum Gasteiger partial charge on any atom is -0.324 e. The van der Waals surface area contributed by atoms with Crippen LogP contribution >= 0.6 is 0 Å². The van der Waals surface area contributed by atoms with Crippen molar-refractivity contribution in [3.63, 3.8) is 0 Å². The zero-order chi connectivity index (χ0) is 30.2. The fourth-order valence-electron chi connectivity index (χ4n) is 6.03. The summed E-state index contributed by atoms with van der Waals surface area (Å²) in [4.78, 5) is 5.24. The number of nitrogens with zero attached hydrogens (tertiary/aromatic N) is 2. The van der Waals surface area contributed by atoms with Crippen molar-refractivity contribution in [3.05, 3.63) is 179 Å². The maximum atomic E-state index is 15.6. The van der Waals surface area contributed by atoms with Gasteiger partial charge in [-0.2, -0.15) is 0 Å². The van der Waals surface area contributed by atoms with Crippen molar-refractivity contribution < 1.29 is 8.63 Å². The molecular weight excluding hydrogens is 545 g/mol. The van der Waals surface area contributed by atoms with Crippen LogP contribution in [0.25, 0.3) is 33.2 Å². The highest BCUT2D eigenvalue weighted by atomic mass is 19.2. The smallest absolute Gasteiger partial charge is 0.324 e. The number of aryl methyl sites for hydroxylation is 2. The molecule has 7 rings (SSSR count). The van der Waals surface area contributed by atoms with Gasteiger partial charge < -0.3 is 4.48 Å². The van der Waals surface area contributed by atoms with E-state index in [2.05, 4.69) is 6.08 Å². The van der Waals surface area contributed by atoms with Crippen LogP contribution in [0.2, 0.25) is 0 Å². The van der Waals surface area contributed by atoms with Crippen molar-refractivity contribution >= 4 is 35.0 Å². The number of halogens is 2. The molecule has 1 aliphatic rings. The quantitative estimate of drug-likeness (QED) is 0.176. The van der Waals surface area contributed by atoms with Gasteiger partial charge in [0, 0.05) is 33.2 Å². The zero-order valence-electron chi connectivity index (χ0n) is 24.5. The fraction of sp³-hybridized carbons (Fsp3) is 0.0513. The average Bonchev–Trinajstić information content (AvgIpc) is 3.64. The summed E-state index contributed by atoms with van der Waals surface area (Å²) in [7, 11) is -2.79. The Balaban J connectivity index is 1.63. The van der Waals surface area contributed by atoms with Crippen molar-refractivity contribution in [2.45, 2.75) is 13.8 Å². The average molecular weight is 574 g/mol. The number of aromatic nitrogens is 1. The molecule has 1 aromatic heterocycles. The van der Waals surface area contributed by atoms with E-state index in [0.29, 0.717) is 22.7 Å². The molecule has 5 heteroatoms. The summed E-state index contributed by atoms with van der Waals surface area (Å²) in [6, 6.07) is 43.6. The lowest BCUT2D eigenvalue weighted by Crippen LogP contribution is -2.18. The van der Waals surface area contributed by atoms with Crippen molar-refractivity contribution in [2.75, 3.05) is 0 Å². The van der Waals surface area contributed by atoms with Crippen molar-refractivity contribution in [3.8, 4) is 11.3 Å². The molecule has 2 nitrogen and oxygen atoms in total. The van der Waals surface area contributed by atoms with Gasteiger partial charge in [0.1, 0.15) is 0 Å². The highest BCUT2D eigenvalue weighted by Crippen LogP contribution is 2.45. The van der Waals surface area contributed by atoms with Crippen LogP contribution in [0, 0.1) is 13.8 Å². The second-order valence-electron chi connectivity index (χ2n) is 11.1. The Labute approximate surface area is 256 Å². The summed E-state index contributed by atoms with van der Waals surface area (Å²) >= 11 is 0. The van der Waals surface area contributed by atoms with E-state index in [0.717, 1.165) is 55.4 Å². The van der Waals surface area contributed by atoms with Crippen LogP contribution in [0.4, 0.5) is 8.63 Å². The molecule has 0 bridgehead atoms. The lowest BCUT2D eigenvalue weighted by atomic mass is 9.91. The molecule has 0 N–H and O–H groups in total.